The van der Waals surface area contributed by atoms with E-state index in [9.17, 15) is 18.4 Å². The molecule has 1 fully saturated rings. The van der Waals surface area contributed by atoms with Crippen molar-refractivity contribution in [3.8, 4) is 0 Å². The average molecular weight is 360 g/mol. The lowest BCUT2D eigenvalue weighted by Crippen LogP contribution is -2.44. The first-order valence-corrected chi connectivity index (χ1v) is 8.26. The minimum Gasteiger partial charge on any atom is -0.465 e. The van der Waals surface area contributed by atoms with Crippen LogP contribution in [0.3, 0.4) is 0 Å². The number of carbonyl (C=O) groups excluding carboxylic acids is 1. The number of hydrogen-bond donors (Lipinski definition) is 3. The van der Waals surface area contributed by atoms with Crippen LogP contribution in [0.25, 0.3) is 0 Å². The zero-order valence-electron chi connectivity index (χ0n) is 13.8. The minimum atomic E-state index is -1.38. The Morgan fingerprint density at radius 1 is 1.12 bits per heavy atom. The van der Waals surface area contributed by atoms with E-state index in [-0.39, 0.29) is 12.1 Å². The number of hydrogen-bond acceptors (Lipinski definition) is 2. The molecule has 1 aliphatic carbocycles. The molecule has 0 aromatic heterocycles. The molecule has 0 saturated heterocycles. The van der Waals surface area contributed by atoms with Gasteiger partial charge in [0.2, 0.25) is 5.91 Å². The van der Waals surface area contributed by atoms with Crippen LogP contribution in [0.5, 0.6) is 0 Å². The Kier molecular flexibility index (Phi) is 5.16. The predicted molar refractivity (Wildman–Crippen MR) is 92.1 cm³/mol. The SMILES string of the molecule is O=C(O)N[C@@H](Cc1ccc(F)cc1)C(=O)Nc1ccc(C2CC2)cc1F. The topological polar surface area (TPSA) is 78.4 Å². The van der Waals surface area contributed by atoms with Crippen molar-refractivity contribution in [2.45, 2.75) is 31.2 Å². The van der Waals surface area contributed by atoms with Gasteiger partial charge in [0.15, 0.2) is 0 Å². The molecular weight excluding hydrogens is 342 g/mol. The largest absolute Gasteiger partial charge is 0.465 e. The van der Waals surface area contributed by atoms with Crippen LogP contribution >= 0.6 is 0 Å². The van der Waals surface area contributed by atoms with Gasteiger partial charge in [-0.2, -0.15) is 0 Å². The van der Waals surface area contributed by atoms with Gasteiger partial charge in [-0.15, -0.1) is 0 Å². The summed E-state index contributed by atoms with van der Waals surface area (Å²) in [4.78, 5) is 23.4. The summed E-state index contributed by atoms with van der Waals surface area (Å²) in [5.74, 6) is -1.29. The molecule has 0 radical (unpaired) electrons. The Morgan fingerprint density at radius 3 is 2.38 bits per heavy atom. The predicted octanol–water partition coefficient (Wildman–Crippen LogP) is 3.66. The van der Waals surface area contributed by atoms with Gasteiger partial charge in [0.05, 0.1) is 5.69 Å². The lowest BCUT2D eigenvalue weighted by molar-refractivity contribution is -0.118. The number of amides is 2. The van der Waals surface area contributed by atoms with E-state index in [2.05, 4.69) is 10.6 Å². The molecule has 7 heteroatoms. The number of halogens is 2. The summed E-state index contributed by atoms with van der Waals surface area (Å²) in [7, 11) is 0. The third kappa shape index (κ3) is 4.56. The van der Waals surface area contributed by atoms with Crippen molar-refractivity contribution in [2.24, 2.45) is 0 Å². The molecule has 136 valence electrons. The fourth-order valence-electron chi connectivity index (χ4n) is 2.74. The maximum atomic E-state index is 14.2. The zero-order chi connectivity index (χ0) is 18.7. The molecule has 1 saturated carbocycles. The number of nitrogens with one attached hydrogen (secondary N) is 2. The Labute approximate surface area is 149 Å². The number of rotatable bonds is 6. The highest BCUT2D eigenvalue weighted by Crippen LogP contribution is 2.40. The van der Waals surface area contributed by atoms with E-state index in [1.807, 2.05) is 0 Å². The Bertz CT molecular complexity index is 820. The Balaban J connectivity index is 1.72. The van der Waals surface area contributed by atoms with E-state index >= 15 is 0 Å². The molecule has 2 aromatic rings. The van der Waals surface area contributed by atoms with Crippen LogP contribution in [0.15, 0.2) is 42.5 Å². The maximum Gasteiger partial charge on any atom is 0.405 e. The fraction of sp³-hybridized carbons (Fsp3) is 0.263. The van der Waals surface area contributed by atoms with Crippen LogP contribution in [0.2, 0.25) is 0 Å². The molecule has 2 aromatic carbocycles. The molecule has 3 rings (SSSR count). The zero-order valence-corrected chi connectivity index (χ0v) is 13.8. The summed E-state index contributed by atoms with van der Waals surface area (Å²) in [6.07, 6.45) is 0.706. The normalized spacial score (nSPS) is 14.5. The van der Waals surface area contributed by atoms with Crippen molar-refractivity contribution in [3.63, 3.8) is 0 Å². The van der Waals surface area contributed by atoms with Crippen LogP contribution in [0, 0.1) is 11.6 Å². The van der Waals surface area contributed by atoms with Crippen molar-refractivity contribution in [1.29, 1.82) is 0 Å². The molecule has 2 amide bonds. The van der Waals surface area contributed by atoms with Gasteiger partial charge in [-0.1, -0.05) is 18.2 Å². The summed E-state index contributed by atoms with van der Waals surface area (Å²) in [5.41, 5.74) is 1.47. The van der Waals surface area contributed by atoms with Crippen LogP contribution in [0.1, 0.15) is 29.9 Å². The molecule has 0 heterocycles. The van der Waals surface area contributed by atoms with Gasteiger partial charge in [0.1, 0.15) is 17.7 Å². The summed E-state index contributed by atoms with van der Waals surface area (Å²) >= 11 is 0. The van der Waals surface area contributed by atoms with E-state index in [4.69, 9.17) is 5.11 Å². The lowest BCUT2D eigenvalue weighted by atomic mass is 10.0. The van der Waals surface area contributed by atoms with Crippen LogP contribution in [0.4, 0.5) is 19.3 Å². The van der Waals surface area contributed by atoms with Crippen LogP contribution < -0.4 is 10.6 Å². The van der Waals surface area contributed by atoms with Crippen molar-refractivity contribution >= 4 is 17.7 Å². The van der Waals surface area contributed by atoms with Gasteiger partial charge in [-0.25, -0.2) is 13.6 Å². The second-order valence-corrected chi connectivity index (χ2v) is 6.34. The fourth-order valence-corrected chi connectivity index (χ4v) is 2.74. The smallest absolute Gasteiger partial charge is 0.405 e. The molecule has 0 spiro atoms. The summed E-state index contributed by atoms with van der Waals surface area (Å²) in [6, 6.07) is 8.87. The Hall–Kier alpha value is -2.96. The van der Waals surface area contributed by atoms with E-state index in [1.165, 1.54) is 36.4 Å². The highest BCUT2D eigenvalue weighted by Gasteiger charge is 2.25. The first-order valence-electron chi connectivity index (χ1n) is 8.26. The number of carbonyl (C=O) groups is 2. The van der Waals surface area contributed by atoms with Gasteiger partial charge >= 0.3 is 6.09 Å². The lowest BCUT2D eigenvalue weighted by Gasteiger charge is -2.17. The maximum absolute atomic E-state index is 14.2. The van der Waals surface area contributed by atoms with Gasteiger partial charge in [0, 0.05) is 6.42 Å². The van der Waals surface area contributed by atoms with Crippen molar-refractivity contribution < 1.29 is 23.5 Å². The van der Waals surface area contributed by atoms with Crippen LogP contribution in [-0.2, 0) is 11.2 Å². The highest BCUT2D eigenvalue weighted by atomic mass is 19.1. The quantitative estimate of drug-likeness (QED) is 0.736. The molecule has 3 N–H and O–H groups in total. The van der Waals surface area contributed by atoms with E-state index in [1.54, 1.807) is 6.07 Å². The highest BCUT2D eigenvalue weighted by molar-refractivity contribution is 5.96. The van der Waals surface area contributed by atoms with Crippen molar-refractivity contribution in [2.75, 3.05) is 5.32 Å². The third-order valence-electron chi connectivity index (χ3n) is 4.27. The van der Waals surface area contributed by atoms with E-state index < -0.39 is 29.7 Å². The van der Waals surface area contributed by atoms with Gasteiger partial charge in [-0.05, 0) is 54.2 Å². The van der Waals surface area contributed by atoms with Gasteiger partial charge in [-0.3, -0.25) is 4.79 Å². The Morgan fingerprint density at radius 2 is 1.81 bits per heavy atom. The first kappa shape index (κ1) is 17.8. The summed E-state index contributed by atoms with van der Waals surface area (Å²) in [5, 5.41) is 13.5. The van der Waals surface area contributed by atoms with E-state index in [0.717, 1.165) is 18.4 Å². The van der Waals surface area contributed by atoms with E-state index in [0.29, 0.717) is 11.5 Å². The number of anilines is 1. The number of benzene rings is 2. The molecule has 0 aliphatic heterocycles. The van der Waals surface area contributed by atoms with Gasteiger partial charge < -0.3 is 15.7 Å². The van der Waals surface area contributed by atoms with Gasteiger partial charge in [0.25, 0.3) is 0 Å². The molecule has 0 unspecified atom stereocenters. The monoisotopic (exact) mass is 360 g/mol. The van der Waals surface area contributed by atoms with Crippen LogP contribution in [-0.4, -0.2) is 23.1 Å². The van der Waals surface area contributed by atoms with Crippen molar-refractivity contribution in [3.05, 3.63) is 65.2 Å². The molecule has 0 bridgehead atoms. The first-order chi connectivity index (χ1) is 12.4. The molecule has 1 atom stereocenters. The molecule has 1 aliphatic rings. The third-order valence-corrected chi connectivity index (χ3v) is 4.27. The average Bonchev–Trinajstić information content (AvgIpc) is 3.42. The minimum absolute atomic E-state index is 0.00399. The second-order valence-electron chi connectivity index (χ2n) is 6.34. The molecular formula is C19H18F2N2O3. The molecule has 26 heavy (non-hydrogen) atoms. The number of carboxylic acid groups (broad SMARTS) is 1. The summed E-state index contributed by atoms with van der Waals surface area (Å²) < 4.78 is 27.2. The standard InChI is InChI=1S/C19H18F2N2O3/c20-14-6-1-11(2-7-14)9-17(23-19(25)26)18(24)22-16-8-5-13(10-15(16)21)12-3-4-12/h1-2,5-8,10,12,17,23H,3-4,9H2,(H,22,24)(H,25,26)/t17-/m0/s1. The van der Waals surface area contributed by atoms with Crippen molar-refractivity contribution in [1.82, 2.24) is 5.32 Å². The molecule has 5 nitrogen and oxygen atoms in total. The summed E-state index contributed by atoms with van der Waals surface area (Å²) in [6.45, 7) is 0. The second kappa shape index (κ2) is 7.51.